The maximum atomic E-state index is 12.1. The Balaban J connectivity index is 1.61. The number of nitrogens with one attached hydrogen (secondary N) is 1. The number of aromatic nitrogens is 2. The summed E-state index contributed by atoms with van der Waals surface area (Å²) in [6, 6.07) is 10.00. The van der Waals surface area contributed by atoms with Gasteiger partial charge in [0.1, 0.15) is 11.6 Å². The average Bonchev–Trinajstić information content (AvgIpc) is 2.66. The Hall–Kier alpha value is -2.69. The number of piperidine rings is 1. The van der Waals surface area contributed by atoms with Gasteiger partial charge in [0.05, 0.1) is 6.54 Å². The summed E-state index contributed by atoms with van der Waals surface area (Å²) in [5, 5.41) is 2.88. The van der Waals surface area contributed by atoms with Crippen molar-refractivity contribution in [2.75, 3.05) is 18.0 Å². The lowest BCUT2D eigenvalue weighted by atomic mass is 10.1. The van der Waals surface area contributed by atoms with Crippen molar-refractivity contribution >= 4 is 17.8 Å². The summed E-state index contributed by atoms with van der Waals surface area (Å²) in [5.74, 6) is 1.48. The van der Waals surface area contributed by atoms with Crippen molar-refractivity contribution in [3.63, 3.8) is 0 Å². The molecule has 1 aliphatic rings. The third-order valence-electron chi connectivity index (χ3n) is 4.59. The van der Waals surface area contributed by atoms with E-state index in [-0.39, 0.29) is 5.91 Å². The van der Waals surface area contributed by atoms with Gasteiger partial charge in [-0.15, -0.1) is 0 Å². The van der Waals surface area contributed by atoms with Crippen LogP contribution in [-0.4, -0.2) is 29.0 Å². The molecule has 1 aliphatic heterocycles. The van der Waals surface area contributed by atoms with Crippen molar-refractivity contribution < 1.29 is 4.79 Å². The Morgan fingerprint density at radius 3 is 2.69 bits per heavy atom. The van der Waals surface area contributed by atoms with E-state index >= 15 is 0 Å². The number of nitrogens with zero attached hydrogens (tertiary/aromatic N) is 3. The van der Waals surface area contributed by atoms with Crippen LogP contribution in [0.15, 0.2) is 36.4 Å². The fourth-order valence-corrected chi connectivity index (χ4v) is 3.14. The number of carbonyl (C=O) groups is 1. The number of hydrogen-bond acceptors (Lipinski definition) is 4. The first-order chi connectivity index (χ1) is 12.6. The molecule has 1 fully saturated rings. The summed E-state index contributed by atoms with van der Waals surface area (Å²) in [7, 11) is 0. The van der Waals surface area contributed by atoms with Gasteiger partial charge < -0.3 is 10.2 Å². The smallest absolute Gasteiger partial charge is 0.244 e. The van der Waals surface area contributed by atoms with E-state index in [1.54, 1.807) is 6.08 Å². The molecule has 2 heterocycles. The van der Waals surface area contributed by atoms with Gasteiger partial charge in [-0.05, 0) is 50.3 Å². The van der Waals surface area contributed by atoms with E-state index in [2.05, 4.69) is 20.2 Å². The summed E-state index contributed by atoms with van der Waals surface area (Å²) < 4.78 is 0. The minimum Gasteiger partial charge on any atom is -0.357 e. The van der Waals surface area contributed by atoms with Crippen LogP contribution in [0.2, 0.25) is 0 Å². The first kappa shape index (κ1) is 18.1. The van der Waals surface area contributed by atoms with Gasteiger partial charge in [-0.3, -0.25) is 4.79 Å². The summed E-state index contributed by atoms with van der Waals surface area (Å²) in [4.78, 5) is 23.5. The van der Waals surface area contributed by atoms with E-state index in [1.165, 1.54) is 19.3 Å². The lowest BCUT2D eigenvalue weighted by molar-refractivity contribution is -0.116. The molecule has 136 valence electrons. The van der Waals surface area contributed by atoms with Crippen LogP contribution in [0.25, 0.3) is 6.08 Å². The molecule has 1 amide bonds. The van der Waals surface area contributed by atoms with Crippen LogP contribution in [0.4, 0.5) is 5.82 Å². The largest absolute Gasteiger partial charge is 0.357 e. The highest BCUT2D eigenvalue weighted by molar-refractivity contribution is 5.91. The molecule has 2 aromatic rings. The van der Waals surface area contributed by atoms with E-state index in [0.717, 1.165) is 35.7 Å². The molecular formula is C21H26N4O. The van der Waals surface area contributed by atoms with Crippen LogP contribution in [0, 0.1) is 13.8 Å². The lowest BCUT2D eigenvalue weighted by Gasteiger charge is -2.28. The summed E-state index contributed by atoms with van der Waals surface area (Å²) in [6.45, 7) is 6.42. The standard InChI is InChI=1S/C21H26N4O/c1-16-8-4-5-9-18(16)10-11-21(26)22-15-19-23-17(2)14-20(24-19)25-12-6-3-7-13-25/h4-5,8-11,14H,3,6-7,12-13,15H2,1-2H3,(H,22,26)/b11-10+. The van der Waals surface area contributed by atoms with E-state index in [4.69, 9.17) is 0 Å². The molecule has 0 aliphatic carbocycles. The Morgan fingerprint density at radius 1 is 1.15 bits per heavy atom. The van der Waals surface area contributed by atoms with Gasteiger partial charge >= 0.3 is 0 Å². The number of amides is 1. The van der Waals surface area contributed by atoms with E-state index in [1.807, 2.05) is 50.3 Å². The fourth-order valence-electron chi connectivity index (χ4n) is 3.14. The molecule has 5 nitrogen and oxygen atoms in total. The van der Waals surface area contributed by atoms with Crippen LogP contribution in [0.1, 0.15) is 41.9 Å². The van der Waals surface area contributed by atoms with Crippen molar-refractivity contribution in [1.82, 2.24) is 15.3 Å². The molecule has 0 atom stereocenters. The third kappa shape index (κ3) is 4.91. The molecule has 1 N–H and O–H groups in total. The molecule has 5 heteroatoms. The lowest BCUT2D eigenvalue weighted by Crippen LogP contribution is -2.31. The normalized spacial score (nSPS) is 14.6. The second-order valence-electron chi connectivity index (χ2n) is 6.74. The highest BCUT2D eigenvalue weighted by Crippen LogP contribution is 2.18. The van der Waals surface area contributed by atoms with Crippen LogP contribution >= 0.6 is 0 Å². The zero-order chi connectivity index (χ0) is 18.4. The van der Waals surface area contributed by atoms with Gasteiger partial charge in [0.15, 0.2) is 0 Å². The third-order valence-corrected chi connectivity index (χ3v) is 4.59. The number of aryl methyl sites for hydroxylation is 2. The molecule has 0 spiro atoms. The van der Waals surface area contributed by atoms with Crippen LogP contribution < -0.4 is 10.2 Å². The molecule has 0 saturated carbocycles. The molecule has 1 aromatic heterocycles. The quantitative estimate of drug-likeness (QED) is 0.840. The monoisotopic (exact) mass is 350 g/mol. The van der Waals surface area contributed by atoms with Crippen molar-refractivity contribution in [2.24, 2.45) is 0 Å². The van der Waals surface area contributed by atoms with Crippen molar-refractivity contribution in [1.29, 1.82) is 0 Å². The van der Waals surface area contributed by atoms with E-state index < -0.39 is 0 Å². The van der Waals surface area contributed by atoms with Crippen LogP contribution in [0.5, 0.6) is 0 Å². The van der Waals surface area contributed by atoms with E-state index in [0.29, 0.717) is 12.4 Å². The van der Waals surface area contributed by atoms with Gasteiger partial charge in [-0.25, -0.2) is 9.97 Å². The second-order valence-corrected chi connectivity index (χ2v) is 6.74. The zero-order valence-corrected chi connectivity index (χ0v) is 15.5. The maximum Gasteiger partial charge on any atom is 0.244 e. The average molecular weight is 350 g/mol. The number of benzene rings is 1. The maximum absolute atomic E-state index is 12.1. The minimum atomic E-state index is -0.141. The SMILES string of the molecule is Cc1cc(N2CCCCC2)nc(CNC(=O)/C=C/c2ccccc2C)n1. The van der Waals surface area contributed by atoms with Gasteiger partial charge in [0, 0.05) is 30.9 Å². The molecule has 0 bridgehead atoms. The van der Waals surface area contributed by atoms with Crippen LogP contribution in [-0.2, 0) is 11.3 Å². The molecule has 0 unspecified atom stereocenters. The Kier molecular flexibility index (Phi) is 6.00. The number of anilines is 1. The molecule has 0 radical (unpaired) electrons. The number of hydrogen-bond donors (Lipinski definition) is 1. The fraction of sp³-hybridized carbons (Fsp3) is 0.381. The van der Waals surface area contributed by atoms with Gasteiger partial charge in [-0.2, -0.15) is 0 Å². The number of rotatable bonds is 5. The predicted octanol–water partition coefficient (Wildman–Crippen LogP) is 3.41. The predicted molar refractivity (Wildman–Crippen MR) is 105 cm³/mol. The van der Waals surface area contributed by atoms with Crippen LogP contribution in [0.3, 0.4) is 0 Å². The van der Waals surface area contributed by atoms with Crippen molar-refractivity contribution in [3.8, 4) is 0 Å². The topological polar surface area (TPSA) is 58.1 Å². The molecule has 1 saturated heterocycles. The minimum absolute atomic E-state index is 0.141. The van der Waals surface area contributed by atoms with Gasteiger partial charge in [-0.1, -0.05) is 24.3 Å². The second kappa shape index (κ2) is 8.61. The van der Waals surface area contributed by atoms with E-state index in [9.17, 15) is 4.79 Å². The molecule has 3 rings (SSSR count). The first-order valence-corrected chi connectivity index (χ1v) is 9.23. The van der Waals surface area contributed by atoms with Gasteiger partial charge in [0.2, 0.25) is 5.91 Å². The first-order valence-electron chi connectivity index (χ1n) is 9.23. The molecule has 26 heavy (non-hydrogen) atoms. The Morgan fingerprint density at radius 2 is 1.92 bits per heavy atom. The Labute approximate surface area is 155 Å². The molecular weight excluding hydrogens is 324 g/mol. The van der Waals surface area contributed by atoms with Crippen molar-refractivity contribution in [2.45, 2.75) is 39.7 Å². The van der Waals surface area contributed by atoms with Gasteiger partial charge in [0.25, 0.3) is 0 Å². The van der Waals surface area contributed by atoms with Crippen molar-refractivity contribution in [3.05, 3.63) is 59.1 Å². The molecule has 1 aromatic carbocycles. The zero-order valence-electron chi connectivity index (χ0n) is 15.5. The Bertz CT molecular complexity index is 794. The summed E-state index contributed by atoms with van der Waals surface area (Å²) in [5.41, 5.74) is 3.12. The highest BCUT2D eigenvalue weighted by atomic mass is 16.1. The highest BCUT2D eigenvalue weighted by Gasteiger charge is 2.14. The summed E-state index contributed by atoms with van der Waals surface area (Å²) in [6.07, 6.45) is 7.10. The number of carbonyl (C=O) groups excluding carboxylic acids is 1. The summed E-state index contributed by atoms with van der Waals surface area (Å²) >= 11 is 0.